The van der Waals surface area contributed by atoms with Crippen LogP contribution in [0.5, 0.6) is 5.75 Å². The maximum atomic E-state index is 12.2. The van der Waals surface area contributed by atoms with Gasteiger partial charge < -0.3 is 14.6 Å². The second-order valence-electron chi connectivity index (χ2n) is 6.38. The number of para-hydroxylation sites is 2. The molecule has 30 heavy (non-hydrogen) atoms. The first-order valence-electron chi connectivity index (χ1n) is 9.12. The number of nitrogens with zero attached hydrogens (tertiary/aromatic N) is 3. The van der Waals surface area contributed by atoms with Gasteiger partial charge in [0.1, 0.15) is 5.75 Å². The SMILES string of the molecule is COc1ccccc1N(CCCC(=O)NCc1nc(-c2cccs2)no1)S(C)(=O)=O. The number of thiophene rings is 1. The summed E-state index contributed by atoms with van der Waals surface area (Å²) in [5.74, 6) is 0.998. The van der Waals surface area contributed by atoms with Crippen LogP contribution in [0.3, 0.4) is 0 Å². The first-order chi connectivity index (χ1) is 14.4. The Balaban J connectivity index is 1.52. The number of rotatable bonds is 10. The van der Waals surface area contributed by atoms with Gasteiger partial charge in [0.05, 0.1) is 30.5 Å². The Morgan fingerprint density at radius 3 is 2.77 bits per heavy atom. The third-order valence-electron chi connectivity index (χ3n) is 4.17. The third kappa shape index (κ3) is 5.57. The van der Waals surface area contributed by atoms with Gasteiger partial charge in [0, 0.05) is 13.0 Å². The summed E-state index contributed by atoms with van der Waals surface area (Å²) in [5, 5.41) is 8.51. The van der Waals surface area contributed by atoms with Crippen LogP contribution in [-0.2, 0) is 21.4 Å². The van der Waals surface area contributed by atoms with Crippen LogP contribution in [0.4, 0.5) is 5.69 Å². The molecular weight excluding hydrogens is 428 g/mol. The van der Waals surface area contributed by atoms with E-state index >= 15 is 0 Å². The molecule has 0 unspecified atom stereocenters. The van der Waals surface area contributed by atoms with E-state index in [2.05, 4.69) is 15.5 Å². The van der Waals surface area contributed by atoms with Gasteiger partial charge in [0.2, 0.25) is 27.6 Å². The maximum Gasteiger partial charge on any atom is 0.246 e. The van der Waals surface area contributed by atoms with Crippen LogP contribution in [0.1, 0.15) is 18.7 Å². The average Bonchev–Trinajstić information content (AvgIpc) is 3.40. The number of hydrogen-bond donors (Lipinski definition) is 1. The van der Waals surface area contributed by atoms with Crippen LogP contribution in [0, 0.1) is 0 Å². The number of nitrogens with one attached hydrogen (secondary N) is 1. The van der Waals surface area contributed by atoms with E-state index in [0.717, 1.165) is 11.1 Å². The molecule has 0 saturated heterocycles. The Morgan fingerprint density at radius 2 is 2.07 bits per heavy atom. The molecule has 0 saturated carbocycles. The maximum absolute atomic E-state index is 12.2. The lowest BCUT2D eigenvalue weighted by Gasteiger charge is -2.24. The quantitative estimate of drug-likeness (QED) is 0.505. The molecule has 0 atom stereocenters. The number of aromatic nitrogens is 2. The molecule has 0 aliphatic rings. The average molecular weight is 451 g/mol. The van der Waals surface area contributed by atoms with Gasteiger partial charge in [-0.05, 0) is 30.0 Å². The van der Waals surface area contributed by atoms with Gasteiger partial charge in [-0.3, -0.25) is 9.10 Å². The van der Waals surface area contributed by atoms with Crippen molar-refractivity contribution in [2.75, 3.05) is 24.2 Å². The van der Waals surface area contributed by atoms with Crippen molar-refractivity contribution in [2.45, 2.75) is 19.4 Å². The van der Waals surface area contributed by atoms with E-state index in [1.54, 1.807) is 24.3 Å². The number of anilines is 1. The minimum Gasteiger partial charge on any atom is -0.495 e. The molecule has 0 radical (unpaired) electrons. The largest absolute Gasteiger partial charge is 0.495 e. The smallest absolute Gasteiger partial charge is 0.246 e. The lowest BCUT2D eigenvalue weighted by Crippen LogP contribution is -2.32. The molecule has 1 aromatic carbocycles. The van der Waals surface area contributed by atoms with Crippen molar-refractivity contribution >= 4 is 33.0 Å². The minimum atomic E-state index is -3.53. The normalized spacial score (nSPS) is 11.3. The molecule has 11 heteroatoms. The highest BCUT2D eigenvalue weighted by Crippen LogP contribution is 2.29. The van der Waals surface area contributed by atoms with E-state index in [-0.39, 0.29) is 25.4 Å². The summed E-state index contributed by atoms with van der Waals surface area (Å²) in [6.07, 6.45) is 1.61. The number of benzene rings is 1. The van der Waals surface area contributed by atoms with Gasteiger partial charge in [-0.25, -0.2) is 8.42 Å². The van der Waals surface area contributed by atoms with Crippen molar-refractivity contribution in [3.63, 3.8) is 0 Å². The molecule has 0 fully saturated rings. The summed E-state index contributed by atoms with van der Waals surface area (Å²) >= 11 is 1.50. The van der Waals surface area contributed by atoms with Crippen molar-refractivity contribution < 1.29 is 22.5 Å². The van der Waals surface area contributed by atoms with E-state index in [9.17, 15) is 13.2 Å². The zero-order chi connectivity index (χ0) is 21.6. The monoisotopic (exact) mass is 450 g/mol. The minimum absolute atomic E-state index is 0.111. The number of hydrogen-bond acceptors (Lipinski definition) is 8. The zero-order valence-corrected chi connectivity index (χ0v) is 18.2. The van der Waals surface area contributed by atoms with Gasteiger partial charge in [0.15, 0.2) is 0 Å². The fraction of sp³-hybridized carbons (Fsp3) is 0.316. The van der Waals surface area contributed by atoms with Crippen LogP contribution in [0.2, 0.25) is 0 Å². The number of ether oxygens (including phenoxy) is 1. The second-order valence-corrected chi connectivity index (χ2v) is 9.23. The van der Waals surface area contributed by atoms with Crippen molar-refractivity contribution in [1.29, 1.82) is 0 Å². The molecule has 2 aromatic heterocycles. The summed E-state index contributed by atoms with van der Waals surface area (Å²) in [7, 11) is -2.05. The van der Waals surface area contributed by atoms with E-state index < -0.39 is 10.0 Å². The topological polar surface area (TPSA) is 115 Å². The van der Waals surface area contributed by atoms with Gasteiger partial charge in [0.25, 0.3) is 0 Å². The van der Waals surface area contributed by atoms with Crippen LogP contribution in [0.15, 0.2) is 46.3 Å². The van der Waals surface area contributed by atoms with Crippen molar-refractivity contribution in [3.05, 3.63) is 47.7 Å². The molecule has 1 amide bonds. The highest BCUT2D eigenvalue weighted by molar-refractivity contribution is 7.92. The Hall–Kier alpha value is -2.92. The first-order valence-corrected chi connectivity index (χ1v) is 11.8. The number of methoxy groups -OCH3 is 1. The predicted molar refractivity (Wildman–Crippen MR) is 114 cm³/mol. The lowest BCUT2D eigenvalue weighted by atomic mass is 10.2. The Bertz CT molecular complexity index is 1080. The lowest BCUT2D eigenvalue weighted by molar-refractivity contribution is -0.121. The number of sulfonamides is 1. The fourth-order valence-corrected chi connectivity index (χ4v) is 4.40. The Labute approximate surface area is 178 Å². The third-order valence-corrected chi connectivity index (χ3v) is 6.21. The van der Waals surface area contributed by atoms with Crippen molar-refractivity contribution in [2.24, 2.45) is 0 Å². The molecule has 0 spiro atoms. The summed E-state index contributed by atoms with van der Waals surface area (Å²) in [5.41, 5.74) is 0.440. The predicted octanol–water partition coefficient (Wildman–Crippen LogP) is 2.67. The van der Waals surface area contributed by atoms with Crippen molar-refractivity contribution in [3.8, 4) is 16.5 Å². The van der Waals surface area contributed by atoms with Gasteiger partial charge in [-0.15, -0.1) is 11.3 Å². The highest BCUT2D eigenvalue weighted by atomic mass is 32.2. The van der Waals surface area contributed by atoms with Gasteiger partial charge in [-0.1, -0.05) is 23.4 Å². The van der Waals surface area contributed by atoms with Gasteiger partial charge >= 0.3 is 0 Å². The summed E-state index contributed by atoms with van der Waals surface area (Å²) < 4.78 is 36.1. The van der Waals surface area contributed by atoms with Crippen molar-refractivity contribution in [1.82, 2.24) is 15.5 Å². The first kappa shape index (κ1) is 21.8. The van der Waals surface area contributed by atoms with Crippen LogP contribution in [0.25, 0.3) is 10.7 Å². The highest BCUT2D eigenvalue weighted by Gasteiger charge is 2.21. The Morgan fingerprint density at radius 1 is 1.27 bits per heavy atom. The molecule has 3 rings (SSSR count). The number of amides is 1. The Kier molecular flexibility index (Phi) is 7.06. The van der Waals surface area contributed by atoms with E-state index in [1.807, 2.05) is 17.5 Å². The molecule has 0 aliphatic heterocycles. The molecule has 9 nitrogen and oxygen atoms in total. The molecular formula is C19H22N4O5S2. The molecule has 2 heterocycles. The standard InChI is InChI=1S/C19H22N4O5S2/c1-27-15-8-4-3-7-14(15)23(30(2,25)26)11-5-10-17(24)20-13-18-21-19(22-28-18)16-9-6-12-29-16/h3-4,6-9,12H,5,10-11,13H2,1-2H3,(H,20,24). The summed E-state index contributed by atoms with van der Waals surface area (Å²) in [4.78, 5) is 17.3. The molecule has 160 valence electrons. The molecule has 3 aromatic rings. The number of carbonyl (C=O) groups is 1. The molecule has 0 bridgehead atoms. The molecule has 0 aliphatic carbocycles. The van der Waals surface area contributed by atoms with E-state index in [0.29, 0.717) is 29.6 Å². The summed E-state index contributed by atoms with van der Waals surface area (Å²) in [6.45, 7) is 0.259. The zero-order valence-electron chi connectivity index (χ0n) is 16.6. The van der Waals surface area contributed by atoms with Crippen LogP contribution < -0.4 is 14.4 Å². The fourth-order valence-electron chi connectivity index (χ4n) is 2.78. The van der Waals surface area contributed by atoms with Crippen LogP contribution in [-0.4, -0.2) is 44.4 Å². The van der Waals surface area contributed by atoms with E-state index in [1.165, 1.54) is 22.8 Å². The molecule has 1 N–H and O–H groups in total. The van der Waals surface area contributed by atoms with E-state index in [4.69, 9.17) is 9.26 Å². The van der Waals surface area contributed by atoms with Crippen LogP contribution >= 0.6 is 11.3 Å². The van der Waals surface area contributed by atoms with Gasteiger partial charge in [-0.2, -0.15) is 4.98 Å². The number of carbonyl (C=O) groups excluding carboxylic acids is 1. The second kappa shape index (κ2) is 9.72. The summed E-state index contributed by atoms with van der Waals surface area (Å²) in [6, 6.07) is 10.6.